The van der Waals surface area contributed by atoms with E-state index >= 15 is 0 Å². The minimum atomic E-state index is -1.21. The first-order chi connectivity index (χ1) is 8.56. The Balaban J connectivity index is 2.74. The summed E-state index contributed by atoms with van der Waals surface area (Å²) in [6.07, 6.45) is 1.41. The van der Waals surface area contributed by atoms with Gasteiger partial charge in [-0.15, -0.1) is 0 Å². The molecule has 0 aliphatic heterocycles. The zero-order valence-corrected chi connectivity index (χ0v) is 10.1. The fourth-order valence-corrected chi connectivity index (χ4v) is 2.09. The Morgan fingerprint density at radius 2 is 2.11 bits per heavy atom. The maximum absolute atomic E-state index is 10.9. The number of hydrogen-bond acceptors (Lipinski definition) is 2. The van der Waals surface area contributed by atoms with Gasteiger partial charge in [0.2, 0.25) is 0 Å². The first kappa shape index (κ1) is 11.9. The Labute approximate surface area is 104 Å². The highest BCUT2D eigenvalue weighted by Crippen LogP contribution is 2.25. The van der Waals surface area contributed by atoms with Crippen LogP contribution in [0.2, 0.25) is 0 Å². The van der Waals surface area contributed by atoms with Crippen molar-refractivity contribution in [3.05, 3.63) is 41.1 Å². The smallest absolute Gasteiger partial charge is 0.346 e. The minimum absolute atomic E-state index is 0.260. The number of carboxylic acid groups (broad SMARTS) is 1. The van der Waals surface area contributed by atoms with E-state index in [1.807, 2.05) is 42.8 Å². The summed E-state index contributed by atoms with van der Waals surface area (Å²) in [6.45, 7) is 1.92. The van der Waals surface area contributed by atoms with Crippen molar-refractivity contribution >= 4 is 22.9 Å². The molecule has 0 aliphatic carbocycles. The molecule has 90 valence electrons. The molecule has 2 aromatic rings. The van der Waals surface area contributed by atoms with Crippen LogP contribution in [-0.2, 0) is 11.8 Å². The van der Waals surface area contributed by atoms with E-state index in [4.69, 9.17) is 10.4 Å². The Bertz CT molecular complexity index is 663. The summed E-state index contributed by atoms with van der Waals surface area (Å²) in [6, 6.07) is 9.51. The van der Waals surface area contributed by atoms with Crippen LogP contribution in [0.4, 0.5) is 0 Å². The van der Waals surface area contributed by atoms with E-state index in [2.05, 4.69) is 0 Å². The third-order valence-corrected chi connectivity index (χ3v) is 3.05. The zero-order chi connectivity index (χ0) is 13.3. The van der Waals surface area contributed by atoms with E-state index in [0.717, 1.165) is 22.2 Å². The van der Waals surface area contributed by atoms with Crippen molar-refractivity contribution in [2.75, 3.05) is 0 Å². The summed E-state index contributed by atoms with van der Waals surface area (Å²) in [4.78, 5) is 10.9. The molecule has 2 rings (SSSR count). The third kappa shape index (κ3) is 1.76. The second-order valence-corrected chi connectivity index (χ2v) is 4.06. The van der Waals surface area contributed by atoms with E-state index in [-0.39, 0.29) is 5.57 Å². The molecule has 1 aromatic heterocycles. The SMILES string of the molecule is Cc1c(/C=C(/C#N)C(=O)O)n(C)c2ccccc12. The van der Waals surface area contributed by atoms with Crippen LogP contribution in [0, 0.1) is 18.3 Å². The number of benzene rings is 1. The number of carbonyl (C=O) groups is 1. The van der Waals surface area contributed by atoms with Crippen LogP contribution in [0.3, 0.4) is 0 Å². The van der Waals surface area contributed by atoms with Gasteiger partial charge in [-0.2, -0.15) is 5.26 Å². The minimum Gasteiger partial charge on any atom is -0.477 e. The van der Waals surface area contributed by atoms with Crippen molar-refractivity contribution < 1.29 is 9.90 Å². The van der Waals surface area contributed by atoms with E-state index in [0.29, 0.717) is 0 Å². The third-order valence-electron chi connectivity index (χ3n) is 3.05. The molecular weight excluding hydrogens is 228 g/mol. The van der Waals surface area contributed by atoms with Crippen molar-refractivity contribution in [3.8, 4) is 6.07 Å². The molecule has 0 saturated carbocycles. The number of carboxylic acids is 1. The van der Waals surface area contributed by atoms with Crippen LogP contribution in [0.15, 0.2) is 29.8 Å². The normalized spacial score (nSPS) is 11.5. The maximum atomic E-state index is 10.9. The molecule has 0 bridgehead atoms. The predicted octanol–water partition coefficient (Wildman–Crippen LogP) is 2.48. The van der Waals surface area contributed by atoms with Gasteiger partial charge < -0.3 is 9.67 Å². The molecular formula is C14H12N2O2. The number of nitrogens with zero attached hydrogens (tertiary/aromatic N) is 2. The van der Waals surface area contributed by atoms with E-state index in [1.54, 1.807) is 6.07 Å². The van der Waals surface area contributed by atoms with Gasteiger partial charge in [-0.1, -0.05) is 18.2 Å². The average Bonchev–Trinajstić information content (AvgIpc) is 2.60. The van der Waals surface area contributed by atoms with Crippen molar-refractivity contribution in [1.29, 1.82) is 5.26 Å². The quantitative estimate of drug-likeness (QED) is 0.647. The zero-order valence-electron chi connectivity index (χ0n) is 10.1. The van der Waals surface area contributed by atoms with Gasteiger partial charge in [-0.25, -0.2) is 4.79 Å². The fourth-order valence-electron chi connectivity index (χ4n) is 2.09. The van der Waals surface area contributed by atoms with Gasteiger partial charge >= 0.3 is 5.97 Å². The lowest BCUT2D eigenvalue weighted by molar-refractivity contribution is -0.132. The van der Waals surface area contributed by atoms with Crippen molar-refractivity contribution in [3.63, 3.8) is 0 Å². The lowest BCUT2D eigenvalue weighted by Gasteiger charge is -2.00. The maximum Gasteiger partial charge on any atom is 0.346 e. The Morgan fingerprint density at radius 1 is 1.44 bits per heavy atom. The Morgan fingerprint density at radius 3 is 2.67 bits per heavy atom. The molecule has 1 heterocycles. The largest absolute Gasteiger partial charge is 0.477 e. The predicted molar refractivity (Wildman–Crippen MR) is 68.9 cm³/mol. The lowest BCUT2D eigenvalue weighted by atomic mass is 10.1. The highest BCUT2D eigenvalue weighted by atomic mass is 16.4. The molecule has 4 nitrogen and oxygen atoms in total. The molecule has 0 atom stereocenters. The Kier molecular flexibility index (Phi) is 2.90. The highest BCUT2D eigenvalue weighted by Gasteiger charge is 2.12. The summed E-state index contributed by atoms with van der Waals surface area (Å²) in [5.74, 6) is -1.21. The molecule has 0 aliphatic rings. The van der Waals surface area contributed by atoms with Gasteiger partial charge in [0.05, 0.1) is 0 Å². The van der Waals surface area contributed by atoms with Crippen LogP contribution >= 0.6 is 0 Å². The van der Waals surface area contributed by atoms with Crippen LogP contribution in [0.1, 0.15) is 11.3 Å². The number of fused-ring (bicyclic) bond motifs is 1. The van der Waals surface area contributed by atoms with Gasteiger partial charge in [0, 0.05) is 23.6 Å². The van der Waals surface area contributed by atoms with Gasteiger partial charge in [0.25, 0.3) is 0 Å². The molecule has 0 radical (unpaired) electrons. The summed E-state index contributed by atoms with van der Waals surface area (Å²) in [5.41, 5.74) is 2.48. The van der Waals surface area contributed by atoms with Gasteiger partial charge in [-0.05, 0) is 24.6 Å². The fraction of sp³-hybridized carbons (Fsp3) is 0.143. The second-order valence-electron chi connectivity index (χ2n) is 4.06. The highest BCUT2D eigenvalue weighted by molar-refractivity contribution is 5.98. The first-order valence-electron chi connectivity index (χ1n) is 5.45. The average molecular weight is 240 g/mol. The van der Waals surface area contributed by atoms with Crippen molar-refractivity contribution in [1.82, 2.24) is 4.57 Å². The topological polar surface area (TPSA) is 66.0 Å². The molecule has 1 N–H and O–H groups in total. The number of aryl methyl sites for hydroxylation is 2. The van der Waals surface area contributed by atoms with Gasteiger partial charge in [-0.3, -0.25) is 0 Å². The summed E-state index contributed by atoms with van der Waals surface area (Å²) in [7, 11) is 1.86. The molecule has 18 heavy (non-hydrogen) atoms. The number of rotatable bonds is 2. The summed E-state index contributed by atoms with van der Waals surface area (Å²) >= 11 is 0. The van der Waals surface area contributed by atoms with Crippen molar-refractivity contribution in [2.45, 2.75) is 6.92 Å². The van der Waals surface area contributed by atoms with Gasteiger partial charge in [0.1, 0.15) is 11.6 Å². The lowest BCUT2D eigenvalue weighted by Crippen LogP contribution is -2.00. The molecule has 1 aromatic carbocycles. The molecule has 0 amide bonds. The second kappa shape index (κ2) is 4.38. The van der Waals surface area contributed by atoms with Crippen molar-refractivity contribution in [2.24, 2.45) is 7.05 Å². The van der Waals surface area contributed by atoms with E-state index < -0.39 is 5.97 Å². The molecule has 0 spiro atoms. The van der Waals surface area contributed by atoms with Crippen LogP contribution < -0.4 is 0 Å². The standard InChI is InChI=1S/C14H12N2O2/c1-9-11-5-3-4-6-12(11)16(2)13(9)7-10(8-15)14(17)18/h3-7H,1-2H3,(H,17,18)/b10-7-. The van der Waals surface area contributed by atoms with E-state index in [1.165, 1.54) is 6.08 Å². The van der Waals surface area contributed by atoms with Crippen LogP contribution in [0.25, 0.3) is 17.0 Å². The summed E-state index contributed by atoms with van der Waals surface area (Å²) in [5, 5.41) is 18.8. The van der Waals surface area contributed by atoms with Crippen LogP contribution in [0.5, 0.6) is 0 Å². The number of aliphatic carboxylic acids is 1. The number of hydrogen-bond donors (Lipinski definition) is 1. The van der Waals surface area contributed by atoms with Crippen LogP contribution in [-0.4, -0.2) is 15.6 Å². The monoisotopic (exact) mass is 240 g/mol. The molecule has 4 heteroatoms. The first-order valence-corrected chi connectivity index (χ1v) is 5.45. The number of para-hydroxylation sites is 1. The van der Waals surface area contributed by atoms with E-state index in [9.17, 15) is 4.79 Å². The molecule has 0 unspecified atom stereocenters. The number of nitriles is 1. The Hall–Kier alpha value is -2.54. The molecule has 0 fully saturated rings. The molecule has 0 saturated heterocycles. The summed E-state index contributed by atoms with van der Waals surface area (Å²) < 4.78 is 1.89. The number of aromatic nitrogens is 1. The van der Waals surface area contributed by atoms with Gasteiger partial charge in [0.15, 0.2) is 0 Å².